The van der Waals surface area contributed by atoms with Gasteiger partial charge in [-0.2, -0.15) is 0 Å². The molecule has 0 bridgehead atoms. The summed E-state index contributed by atoms with van der Waals surface area (Å²) in [5.41, 5.74) is 0. The minimum absolute atomic E-state index is 0.0157. The number of carbonyl (C=O) groups is 1. The van der Waals surface area contributed by atoms with Crippen molar-refractivity contribution >= 4 is 17.7 Å². The van der Waals surface area contributed by atoms with Crippen LogP contribution in [0.4, 0.5) is 0 Å². The average Bonchev–Trinajstić information content (AvgIpc) is 2.65. The Hall–Kier alpha value is -1.08. The molecule has 0 radical (unpaired) electrons. The summed E-state index contributed by atoms with van der Waals surface area (Å²) in [4.78, 5) is 10.5. The second-order valence-electron chi connectivity index (χ2n) is 4.76. The Labute approximate surface area is 116 Å². The first-order valence-corrected chi connectivity index (χ1v) is 7.43. The van der Waals surface area contributed by atoms with Gasteiger partial charge in [-0.3, -0.25) is 4.79 Å². The molecule has 1 N–H and O–H groups in total. The number of thioether (sulfide) groups is 1. The lowest BCUT2D eigenvalue weighted by atomic mass is 9.80. The van der Waals surface area contributed by atoms with Gasteiger partial charge in [-0.1, -0.05) is 11.8 Å². The van der Waals surface area contributed by atoms with Crippen LogP contribution in [0.3, 0.4) is 0 Å². The molecule has 0 saturated heterocycles. The Morgan fingerprint density at radius 2 is 2.26 bits per heavy atom. The number of ether oxygens (including phenoxy) is 1. The lowest BCUT2D eigenvalue weighted by molar-refractivity contribution is -0.133. The molecule has 1 aromatic rings. The van der Waals surface area contributed by atoms with Gasteiger partial charge in [0.05, 0.1) is 11.9 Å². The summed E-state index contributed by atoms with van der Waals surface area (Å²) >= 11 is 1.20. The molecule has 0 unspecified atom stereocenters. The van der Waals surface area contributed by atoms with Crippen LogP contribution in [-0.4, -0.2) is 44.3 Å². The summed E-state index contributed by atoms with van der Waals surface area (Å²) in [5.74, 6) is 0.708. The Morgan fingerprint density at radius 1 is 1.53 bits per heavy atom. The largest absolute Gasteiger partial charge is 0.481 e. The van der Waals surface area contributed by atoms with E-state index in [2.05, 4.69) is 10.2 Å². The van der Waals surface area contributed by atoms with Crippen LogP contribution in [0, 0.1) is 5.92 Å². The topological polar surface area (TPSA) is 77.2 Å². The standard InChI is InChI=1S/C12H19N3O3S/c1-3-18-9-4-8(5-9)6-10-13-14-12(15(10)2)19-7-11(16)17/h8-9H,3-7H2,1-2H3,(H,16,17). The molecule has 7 heteroatoms. The normalized spacial score (nSPS) is 22.2. The van der Waals surface area contributed by atoms with Crippen molar-refractivity contribution in [2.24, 2.45) is 13.0 Å². The summed E-state index contributed by atoms with van der Waals surface area (Å²) in [6.07, 6.45) is 3.46. The zero-order valence-electron chi connectivity index (χ0n) is 11.2. The minimum Gasteiger partial charge on any atom is -0.481 e. The molecule has 0 aliphatic heterocycles. The van der Waals surface area contributed by atoms with Crippen LogP contribution in [-0.2, 0) is 23.0 Å². The maximum Gasteiger partial charge on any atom is 0.313 e. The first-order chi connectivity index (χ1) is 9.10. The number of hydrogen-bond donors (Lipinski definition) is 1. The fourth-order valence-corrected chi connectivity index (χ4v) is 2.90. The third-order valence-electron chi connectivity index (χ3n) is 3.32. The molecule has 106 valence electrons. The zero-order chi connectivity index (χ0) is 13.8. The number of aliphatic carboxylic acids is 1. The summed E-state index contributed by atoms with van der Waals surface area (Å²) in [5, 5.41) is 17.5. The highest BCUT2D eigenvalue weighted by Crippen LogP contribution is 2.32. The predicted octanol–water partition coefficient (Wildman–Crippen LogP) is 1.35. The molecule has 0 aromatic carbocycles. The molecule has 1 aliphatic rings. The highest BCUT2D eigenvalue weighted by Gasteiger charge is 2.30. The van der Waals surface area contributed by atoms with Crippen molar-refractivity contribution in [1.29, 1.82) is 0 Å². The Bertz CT molecular complexity index is 443. The highest BCUT2D eigenvalue weighted by molar-refractivity contribution is 7.99. The fraction of sp³-hybridized carbons (Fsp3) is 0.750. The van der Waals surface area contributed by atoms with Crippen molar-refractivity contribution in [2.45, 2.75) is 37.4 Å². The summed E-state index contributed by atoms with van der Waals surface area (Å²) in [7, 11) is 1.89. The summed E-state index contributed by atoms with van der Waals surface area (Å²) in [6, 6.07) is 0. The van der Waals surface area contributed by atoms with Gasteiger partial charge >= 0.3 is 5.97 Å². The lowest BCUT2D eigenvalue weighted by Gasteiger charge is -2.34. The van der Waals surface area contributed by atoms with Gasteiger partial charge in [-0.25, -0.2) is 0 Å². The third kappa shape index (κ3) is 3.70. The summed E-state index contributed by atoms with van der Waals surface area (Å²) < 4.78 is 7.42. The van der Waals surface area contributed by atoms with Crippen LogP contribution < -0.4 is 0 Å². The molecule has 6 nitrogen and oxygen atoms in total. The lowest BCUT2D eigenvalue weighted by Crippen LogP contribution is -2.33. The molecule has 1 aromatic heterocycles. The Morgan fingerprint density at radius 3 is 2.89 bits per heavy atom. The van der Waals surface area contributed by atoms with Gasteiger partial charge < -0.3 is 14.4 Å². The van der Waals surface area contributed by atoms with Crippen LogP contribution in [0.15, 0.2) is 5.16 Å². The molecule has 1 fully saturated rings. The molecule has 0 spiro atoms. The maximum atomic E-state index is 10.5. The molecule has 1 saturated carbocycles. The van der Waals surface area contributed by atoms with E-state index in [4.69, 9.17) is 9.84 Å². The maximum absolute atomic E-state index is 10.5. The molecule has 1 aliphatic carbocycles. The zero-order valence-corrected chi connectivity index (χ0v) is 12.0. The molecule has 0 atom stereocenters. The van der Waals surface area contributed by atoms with Gasteiger partial charge in [-0.15, -0.1) is 10.2 Å². The van der Waals surface area contributed by atoms with E-state index in [0.717, 1.165) is 31.7 Å². The van der Waals surface area contributed by atoms with E-state index in [1.807, 2.05) is 18.5 Å². The third-order valence-corrected chi connectivity index (χ3v) is 4.32. The van der Waals surface area contributed by atoms with E-state index in [9.17, 15) is 4.79 Å². The van der Waals surface area contributed by atoms with E-state index in [0.29, 0.717) is 17.2 Å². The van der Waals surface area contributed by atoms with E-state index in [1.54, 1.807) is 0 Å². The van der Waals surface area contributed by atoms with E-state index in [1.165, 1.54) is 11.8 Å². The van der Waals surface area contributed by atoms with Crippen LogP contribution in [0.2, 0.25) is 0 Å². The van der Waals surface area contributed by atoms with E-state index in [-0.39, 0.29) is 5.75 Å². The molecule has 2 rings (SSSR count). The molecule has 1 heterocycles. The number of hydrogen-bond acceptors (Lipinski definition) is 5. The number of nitrogens with zero attached hydrogens (tertiary/aromatic N) is 3. The van der Waals surface area contributed by atoms with Crippen molar-refractivity contribution in [1.82, 2.24) is 14.8 Å². The van der Waals surface area contributed by atoms with E-state index >= 15 is 0 Å². The van der Waals surface area contributed by atoms with Gasteiger partial charge in [0, 0.05) is 20.1 Å². The summed E-state index contributed by atoms with van der Waals surface area (Å²) in [6.45, 7) is 2.79. The number of carboxylic acid groups (broad SMARTS) is 1. The Kier molecular flexibility index (Phi) is 4.81. The quantitative estimate of drug-likeness (QED) is 0.762. The van der Waals surface area contributed by atoms with Crippen molar-refractivity contribution in [3.05, 3.63) is 5.82 Å². The minimum atomic E-state index is -0.840. The van der Waals surface area contributed by atoms with E-state index < -0.39 is 5.97 Å². The molecule has 0 amide bonds. The SMILES string of the molecule is CCOC1CC(Cc2nnc(SCC(=O)O)n2C)C1. The molecular formula is C12H19N3O3S. The van der Waals surface area contributed by atoms with Crippen LogP contribution in [0.25, 0.3) is 0 Å². The second kappa shape index (κ2) is 6.38. The van der Waals surface area contributed by atoms with Crippen molar-refractivity contribution in [3.63, 3.8) is 0 Å². The first-order valence-electron chi connectivity index (χ1n) is 6.44. The predicted molar refractivity (Wildman–Crippen MR) is 71.2 cm³/mol. The number of carboxylic acids is 1. The van der Waals surface area contributed by atoms with Crippen LogP contribution >= 0.6 is 11.8 Å². The van der Waals surface area contributed by atoms with Gasteiger partial charge in [0.15, 0.2) is 5.16 Å². The highest BCUT2D eigenvalue weighted by atomic mass is 32.2. The average molecular weight is 285 g/mol. The Balaban J connectivity index is 1.83. The van der Waals surface area contributed by atoms with Gasteiger partial charge in [0.25, 0.3) is 0 Å². The van der Waals surface area contributed by atoms with Crippen LogP contribution in [0.5, 0.6) is 0 Å². The second-order valence-corrected chi connectivity index (χ2v) is 5.70. The van der Waals surface area contributed by atoms with Crippen molar-refractivity contribution in [2.75, 3.05) is 12.4 Å². The molecular weight excluding hydrogens is 266 g/mol. The first kappa shape index (κ1) is 14.3. The number of rotatable bonds is 7. The fourth-order valence-electron chi connectivity index (χ4n) is 2.25. The van der Waals surface area contributed by atoms with Gasteiger partial charge in [0.2, 0.25) is 0 Å². The smallest absolute Gasteiger partial charge is 0.313 e. The van der Waals surface area contributed by atoms with Crippen molar-refractivity contribution in [3.8, 4) is 0 Å². The van der Waals surface area contributed by atoms with Crippen LogP contribution in [0.1, 0.15) is 25.6 Å². The number of aromatic nitrogens is 3. The van der Waals surface area contributed by atoms with Gasteiger partial charge in [0.1, 0.15) is 5.82 Å². The molecule has 19 heavy (non-hydrogen) atoms. The van der Waals surface area contributed by atoms with Gasteiger partial charge in [-0.05, 0) is 25.7 Å². The monoisotopic (exact) mass is 285 g/mol. The van der Waals surface area contributed by atoms with Crippen molar-refractivity contribution < 1.29 is 14.6 Å².